The summed E-state index contributed by atoms with van der Waals surface area (Å²) in [6.07, 6.45) is 2.94. The molecule has 2 N–H and O–H groups in total. The number of carboxylic acids is 1. The van der Waals surface area contributed by atoms with Crippen LogP contribution in [0.5, 0.6) is 0 Å². The Morgan fingerprint density at radius 2 is 2.00 bits per heavy atom. The normalized spacial score (nSPS) is 30.4. The van der Waals surface area contributed by atoms with Crippen LogP contribution < -0.4 is 5.32 Å². The lowest BCUT2D eigenvalue weighted by Crippen LogP contribution is -2.46. The number of carboxylic acid groups (broad SMARTS) is 1. The number of aryl methyl sites for hydroxylation is 1. The van der Waals surface area contributed by atoms with Crippen molar-refractivity contribution in [2.75, 3.05) is 0 Å². The van der Waals surface area contributed by atoms with Gasteiger partial charge in [-0.3, -0.25) is 9.59 Å². The molecular weight excluding hydrogens is 334 g/mol. The highest BCUT2D eigenvalue weighted by Gasteiger charge is 2.51. The van der Waals surface area contributed by atoms with E-state index in [0.29, 0.717) is 11.5 Å². The van der Waals surface area contributed by atoms with E-state index in [1.165, 1.54) is 0 Å². The van der Waals surface area contributed by atoms with Gasteiger partial charge in [0.15, 0.2) is 0 Å². The number of nitrogens with one attached hydrogen (secondary N) is 1. The fourth-order valence-electron chi connectivity index (χ4n) is 3.88. The highest BCUT2D eigenvalue weighted by molar-refractivity contribution is 9.10. The van der Waals surface area contributed by atoms with Gasteiger partial charge in [0.1, 0.15) is 0 Å². The van der Waals surface area contributed by atoms with E-state index in [2.05, 4.69) is 21.2 Å². The van der Waals surface area contributed by atoms with Crippen LogP contribution in [-0.4, -0.2) is 23.0 Å². The average molecular weight is 352 g/mol. The molecule has 1 amide bonds. The summed E-state index contributed by atoms with van der Waals surface area (Å²) in [5, 5.41) is 12.4. The van der Waals surface area contributed by atoms with Crippen molar-refractivity contribution >= 4 is 27.8 Å². The maximum atomic E-state index is 12.4. The highest BCUT2D eigenvalue weighted by atomic mass is 79.9. The number of aliphatic carboxylic acids is 1. The molecular formula is C16H18BrNO3. The molecule has 112 valence electrons. The number of carbonyl (C=O) groups is 2. The van der Waals surface area contributed by atoms with Crippen LogP contribution in [0.25, 0.3) is 0 Å². The van der Waals surface area contributed by atoms with E-state index < -0.39 is 11.9 Å². The molecule has 4 unspecified atom stereocenters. The van der Waals surface area contributed by atoms with Crippen LogP contribution >= 0.6 is 15.9 Å². The molecule has 1 aromatic carbocycles. The predicted octanol–water partition coefficient (Wildman–Crippen LogP) is 2.99. The molecule has 4 nitrogen and oxygen atoms in total. The second-order valence-electron chi connectivity index (χ2n) is 6.16. The van der Waals surface area contributed by atoms with Gasteiger partial charge in [-0.25, -0.2) is 0 Å². The van der Waals surface area contributed by atoms with Gasteiger partial charge in [-0.2, -0.15) is 0 Å². The Morgan fingerprint density at radius 1 is 1.29 bits per heavy atom. The molecule has 2 aliphatic rings. The fraction of sp³-hybridized carbons (Fsp3) is 0.500. The molecule has 5 heteroatoms. The van der Waals surface area contributed by atoms with Gasteiger partial charge in [0.2, 0.25) is 0 Å². The first-order valence-electron chi connectivity index (χ1n) is 7.27. The Kier molecular flexibility index (Phi) is 3.78. The number of benzene rings is 1. The van der Waals surface area contributed by atoms with E-state index >= 15 is 0 Å². The number of fused-ring (bicyclic) bond motifs is 2. The second kappa shape index (κ2) is 5.44. The van der Waals surface area contributed by atoms with Gasteiger partial charge >= 0.3 is 5.97 Å². The fourth-order valence-corrected chi connectivity index (χ4v) is 4.12. The Bertz CT molecular complexity index is 601. The first kappa shape index (κ1) is 14.6. The van der Waals surface area contributed by atoms with Crippen LogP contribution in [0.3, 0.4) is 0 Å². The van der Waals surface area contributed by atoms with Gasteiger partial charge < -0.3 is 10.4 Å². The van der Waals surface area contributed by atoms with Gasteiger partial charge in [-0.1, -0.05) is 15.9 Å². The molecule has 2 saturated carbocycles. The molecule has 4 atom stereocenters. The lowest BCUT2D eigenvalue weighted by molar-refractivity contribution is -0.144. The molecule has 0 spiro atoms. The molecule has 3 rings (SSSR count). The minimum absolute atomic E-state index is 0.172. The Hall–Kier alpha value is -1.36. The van der Waals surface area contributed by atoms with Crippen LogP contribution in [0.15, 0.2) is 22.7 Å². The van der Waals surface area contributed by atoms with Crippen molar-refractivity contribution in [1.82, 2.24) is 5.32 Å². The van der Waals surface area contributed by atoms with Gasteiger partial charge in [0.25, 0.3) is 5.91 Å². The first-order chi connectivity index (χ1) is 9.97. The standard InChI is InChI=1S/C16H18BrNO3/c1-8-6-11(4-5-12(8)17)15(19)18-14-10-3-2-9(7-10)13(14)16(20)21/h4-6,9-10,13-14H,2-3,7H2,1H3,(H,18,19)(H,20,21). The zero-order chi connectivity index (χ0) is 15.1. The third-order valence-corrected chi connectivity index (χ3v) is 5.81. The van der Waals surface area contributed by atoms with E-state index in [9.17, 15) is 14.7 Å². The average Bonchev–Trinajstić information content (AvgIpc) is 3.02. The lowest BCUT2D eigenvalue weighted by atomic mass is 9.84. The van der Waals surface area contributed by atoms with Gasteiger partial charge in [0, 0.05) is 16.1 Å². The van der Waals surface area contributed by atoms with Crippen LogP contribution in [-0.2, 0) is 4.79 Å². The van der Waals surface area contributed by atoms with Crippen molar-refractivity contribution in [2.45, 2.75) is 32.2 Å². The SMILES string of the molecule is Cc1cc(C(=O)NC2C3CCC(C3)C2C(=O)O)ccc1Br. The van der Waals surface area contributed by atoms with Crippen molar-refractivity contribution < 1.29 is 14.7 Å². The van der Waals surface area contributed by atoms with Crippen molar-refractivity contribution in [3.63, 3.8) is 0 Å². The van der Waals surface area contributed by atoms with E-state index in [4.69, 9.17) is 0 Å². The van der Waals surface area contributed by atoms with Crippen molar-refractivity contribution in [3.05, 3.63) is 33.8 Å². The molecule has 0 saturated heterocycles. The Balaban J connectivity index is 1.77. The van der Waals surface area contributed by atoms with Gasteiger partial charge in [-0.05, 0) is 61.8 Å². The molecule has 0 aliphatic heterocycles. The summed E-state index contributed by atoms with van der Waals surface area (Å²) in [6.45, 7) is 1.93. The van der Waals surface area contributed by atoms with Crippen LogP contribution in [0.2, 0.25) is 0 Å². The maximum absolute atomic E-state index is 12.4. The maximum Gasteiger partial charge on any atom is 0.308 e. The third-order valence-electron chi connectivity index (χ3n) is 4.92. The topological polar surface area (TPSA) is 66.4 Å². The van der Waals surface area contributed by atoms with E-state index in [1.54, 1.807) is 6.07 Å². The Morgan fingerprint density at radius 3 is 2.67 bits per heavy atom. The van der Waals surface area contributed by atoms with Crippen molar-refractivity contribution in [3.8, 4) is 0 Å². The third kappa shape index (κ3) is 2.59. The highest BCUT2D eigenvalue weighted by Crippen LogP contribution is 2.48. The summed E-state index contributed by atoms with van der Waals surface area (Å²) in [4.78, 5) is 23.9. The minimum Gasteiger partial charge on any atom is -0.481 e. The van der Waals surface area contributed by atoms with Crippen LogP contribution in [0.4, 0.5) is 0 Å². The van der Waals surface area contributed by atoms with E-state index in [1.807, 2.05) is 19.1 Å². The van der Waals surface area contributed by atoms with E-state index in [0.717, 1.165) is 29.3 Å². The number of halogens is 1. The summed E-state index contributed by atoms with van der Waals surface area (Å²) in [5.74, 6) is -0.834. The molecule has 21 heavy (non-hydrogen) atoms. The number of amides is 1. The van der Waals surface area contributed by atoms with Crippen molar-refractivity contribution in [1.29, 1.82) is 0 Å². The summed E-state index contributed by atoms with van der Waals surface area (Å²) in [6, 6.07) is 5.20. The molecule has 0 radical (unpaired) electrons. The molecule has 2 aliphatic carbocycles. The summed E-state index contributed by atoms with van der Waals surface area (Å²) in [7, 11) is 0. The van der Waals surface area contributed by atoms with E-state index in [-0.39, 0.29) is 17.9 Å². The summed E-state index contributed by atoms with van der Waals surface area (Å²) < 4.78 is 0.961. The minimum atomic E-state index is -0.778. The first-order valence-corrected chi connectivity index (χ1v) is 8.06. The summed E-state index contributed by atoms with van der Waals surface area (Å²) >= 11 is 3.41. The Labute approximate surface area is 132 Å². The molecule has 0 aromatic heterocycles. The molecule has 1 aromatic rings. The van der Waals surface area contributed by atoms with Crippen LogP contribution in [0, 0.1) is 24.7 Å². The summed E-state index contributed by atoms with van der Waals surface area (Å²) in [5.41, 5.74) is 1.58. The molecule has 2 bridgehead atoms. The second-order valence-corrected chi connectivity index (χ2v) is 7.01. The number of rotatable bonds is 3. The predicted molar refractivity (Wildman–Crippen MR) is 82.1 cm³/mol. The smallest absolute Gasteiger partial charge is 0.308 e. The van der Waals surface area contributed by atoms with Crippen LogP contribution in [0.1, 0.15) is 35.2 Å². The zero-order valence-corrected chi connectivity index (χ0v) is 13.4. The van der Waals surface area contributed by atoms with Gasteiger partial charge in [-0.15, -0.1) is 0 Å². The molecule has 0 heterocycles. The number of hydrogen-bond acceptors (Lipinski definition) is 2. The molecule has 2 fully saturated rings. The van der Waals surface area contributed by atoms with Gasteiger partial charge in [0.05, 0.1) is 5.92 Å². The zero-order valence-electron chi connectivity index (χ0n) is 11.8. The lowest BCUT2D eigenvalue weighted by Gasteiger charge is -2.28. The number of hydrogen-bond donors (Lipinski definition) is 2. The number of carbonyl (C=O) groups excluding carboxylic acids is 1. The van der Waals surface area contributed by atoms with Crippen molar-refractivity contribution in [2.24, 2.45) is 17.8 Å². The largest absolute Gasteiger partial charge is 0.481 e. The monoisotopic (exact) mass is 351 g/mol. The quantitative estimate of drug-likeness (QED) is 0.879.